The molecule has 0 atom stereocenters. The van der Waals surface area contributed by atoms with Crippen molar-refractivity contribution >= 4 is 21.5 Å². The highest BCUT2D eigenvalue weighted by Crippen LogP contribution is 2.30. The summed E-state index contributed by atoms with van der Waals surface area (Å²) in [4.78, 5) is 11.6. The number of rotatable bonds is 4. The highest BCUT2D eigenvalue weighted by molar-refractivity contribution is 7.92. The van der Waals surface area contributed by atoms with Crippen molar-refractivity contribution in [2.75, 3.05) is 4.72 Å². The minimum absolute atomic E-state index is 0.0567. The molecule has 0 bridgehead atoms. The molecule has 0 aliphatic rings. The minimum atomic E-state index is -3.72. The number of ketones is 1. The lowest BCUT2D eigenvalue weighted by Crippen LogP contribution is -2.18. The summed E-state index contributed by atoms with van der Waals surface area (Å²) in [5.41, 5.74) is 3.49. The van der Waals surface area contributed by atoms with Crippen LogP contribution in [0.5, 0.6) is 0 Å². The van der Waals surface area contributed by atoms with E-state index >= 15 is 0 Å². The molecule has 2 aromatic carbocycles. The second-order valence-electron chi connectivity index (χ2n) is 7.41. The van der Waals surface area contributed by atoms with Gasteiger partial charge in [0.05, 0.1) is 4.90 Å². The maximum atomic E-state index is 12.9. The van der Waals surface area contributed by atoms with E-state index < -0.39 is 10.0 Å². The zero-order valence-electron chi connectivity index (χ0n) is 15.6. The van der Waals surface area contributed by atoms with Crippen molar-refractivity contribution in [2.24, 2.45) is 0 Å². The monoisotopic (exact) mass is 359 g/mol. The summed E-state index contributed by atoms with van der Waals surface area (Å²) in [6.45, 7) is 11.4. The molecule has 0 saturated carbocycles. The van der Waals surface area contributed by atoms with Crippen LogP contribution in [0.15, 0.2) is 41.3 Å². The number of hydrogen-bond donors (Lipinski definition) is 1. The molecule has 0 amide bonds. The van der Waals surface area contributed by atoms with Gasteiger partial charge in [0.2, 0.25) is 0 Å². The third-order valence-corrected chi connectivity index (χ3v) is 5.83. The van der Waals surface area contributed by atoms with Gasteiger partial charge in [0.25, 0.3) is 10.0 Å². The van der Waals surface area contributed by atoms with Crippen LogP contribution in [-0.4, -0.2) is 14.2 Å². The van der Waals surface area contributed by atoms with Crippen molar-refractivity contribution in [2.45, 2.75) is 51.9 Å². The molecule has 0 radical (unpaired) electrons. The van der Waals surface area contributed by atoms with Crippen LogP contribution in [0.3, 0.4) is 0 Å². The van der Waals surface area contributed by atoms with Gasteiger partial charge >= 0.3 is 0 Å². The van der Waals surface area contributed by atoms with Gasteiger partial charge in [0.15, 0.2) is 5.78 Å². The quantitative estimate of drug-likeness (QED) is 0.811. The van der Waals surface area contributed by atoms with Crippen LogP contribution >= 0.6 is 0 Å². The van der Waals surface area contributed by atoms with E-state index in [9.17, 15) is 13.2 Å². The van der Waals surface area contributed by atoms with Crippen LogP contribution in [0.1, 0.15) is 54.7 Å². The number of anilines is 1. The number of Topliss-reactive ketones (excluding diaryl/α,β-unsaturated/α-hetero) is 1. The Labute approximate surface area is 150 Å². The standard InChI is InChI=1S/C20H25NO3S/c1-13-11-17(20(4,5)6)12-19(14(13)2)25(23,24)21-18-9-7-16(8-10-18)15(3)22/h7-12,21H,1-6H3. The maximum absolute atomic E-state index is 12.9. The Hall–Kier alpha value is -2.14. The van der Waals surface area contributed by atoms with Crippen molar-refractivity contribution in [3.8, 4) is 0 Å². The Morgan fingerprint density at radius 3 is 2.04 bits per heavy atom. The summed E-state index contributed by atoms with van der Waals surface area (Å²) in [5, 5.41) is 0. The molecule has 0 aliphatic carbocycles. The largest absolute Gasteiger partial charge is 0.295 e. The van der Waals surface area contributed by atoms with E-state index in [0.29, 0.717) is 11.3 Å². The summed E-state index contributed by atoms with van der Waals surface area (Å²) < 4.78 is 28.4. The van der Waals surface area contributed by atoms with Gasteiger partial charge in [0.1, 0.15) is 0 Å². The molecular weight excluding hydrogens is 334 g/mol. The third kappa shape index (κ3) is 4.28. The first-order valence-corrected chi connectivity index (χ1v) is 9.65. The Bertz CT molecular complexity index is 905. The minimum Gasteiger partial charge on any atom is -0.295 e. The molecule has 1 N–H and O–H groups in total. The van der Waals surface area contributed by atoms with Crippen molar-refractivity contribution in [3.63, 3.8) is 0 Å². The van der Waals surface area contributed by atoms with E-state index in [1.54, 1.807) is 30.3 Å². The number of carbonyl (C=O) groups is 1. The van der Waals surface area contributed by atoms with Crippen molar-refractivity contribution in [1.82, 2.24) is 0 Å². The predicted octanol–water partition coefficient (Wildman–Crippen LogP) is 4.60. The van der Waals surface area contributed by atoms with Gasteiger partial charge in [-0.15, -0.1) is 0 Å². The molecule has 134 valence electrons. The Morgan fingerprint density at radius 2 is 1.56 bits per heavy atom. The first-order valence-electron chi connectivity index (χ1n) is 8.17. The molecular formula is C20H25NO3S. The highest BCUT2D eigenvalue weighted by atomic mass is 32.2. The first-order chi connectivity index (χ1) is 11.4. The average molecular weight is 359 g/mol. The average Bonchev–Trinajstić information content (AvgIpc) is 2.48. The Morgan fingerprint density at radius 1 is 1.00 bits per heavy atom. The SMILES string of the molecule is CC(=O)c1ccc(NS(=O)(=O)c2cc(C(C)(C)C)cc(C)c2C)cc1. The van der Waals surface area contributed by atoms with Crippen molar-refractivity contribution < 1.29 is 13.2 Å². The van der Waals surface area contributed by atoms with Gasteiger partial charge in [0, 0.05) is 11.3 Å². The smallest absolute Gasteiger partial charge is 0.262 e. The summed E-state index contributed by atoms with van der Waals surface area (Å²) in [5.74, 6) is -0.0567. The van der Waals surface area contributed by atoms with Gasteiger partial charge in [-0.1, -0.05) is 26.8 Å². The number of hydrogen-bond acceptors (Lipinski definition) is 3. The molecule has 0 fully saturated rings. The van der Waals surface area contributed by atoms with E-state index in [1.165, 1.54) is 6.92 Å². The second-order valence-corrected chi connectivity index (χ2v) is 9.06. The normalized spacial score (nSPS) is 12.1. The van der Waals surface area contributed by atoms with Crippen molar-refractivity contribution in [3.05, 3.63) is 58.7 Å². The summed E-state index contributed by atoms with van der Waals surface area (Å²) in [7, 11) is -3.72. The van der Waals surface area contributed by atoms with E-state index in [-0.39, 0.29) is 16.1 Å². The molecule has 25 heavy (non-hydrogen) atoms. The number of sulfonamides is 1. The van der Waals surface area contributed by atoms with Crippen LogP contribution in [0.4, 0.5) is 5.69 Å². The fourth-order valence-electron chi connectivity index (χ4n) is 2.52. The summed E-state index contributed by atoms with van der Waals surface area (Å²) in [6.07, 6.45) is 0. The third-order valence-electron chi connectivity index (χ3n) is 4.32. The lowest BCUT2D eigenvalue weighted by Gasteiger charge is -2.22. The molecule has 0 spiro atoms. The molecule has 4 nitrogen and oxygen atoms in total. The van der Waals surface area contributed by atoms with Gasteiger partial charge in [-0.05, 0) is 73.2 Å². The van der Waals surface area contributed by atoms with Crippen LogP contribution in [-0.2, 0) is 15.4 Å². The number of aryl methyl sites for hydroxylation is 1. The Balaban J connectivity index is 2.45. The van der Waals surface area contributed by atoms with E-state index in [4.69, 9.17) is 0 Å². The Kier molecular flexibility index (Phi) is 5.09. The van der Waals surface area contributed by atoms with Crippen molar-refractivity contribution in [1.29, 1.82) is 0 Å². The summed E-state index contributed by atoms with van der Waals surface area (Å²) >= 11 is 0. The predicted molar refractivity (Wildman–Crippen MR) is 102 cm³/mol. The molecule has 0 unspecified atom stereocenters. The van der Waals surface area contributed by atoms with Crippen LogP contribution in [0.2, 0.25) is 0 Å². The topological polar surface area (TPSA) is 63.2 Å². The van der Waals surface area contributed by atoms with Gasteiger partial charge < -0.3 is 0 Å². The zero-order valence-corrected chi connectivity index (χ0v) is 16.4. The zero-order chi connectivity index (χ0) is 19.0. The van der Waals surface area contributed by atoms with Gasteiger partial charge in [-0.25, -0.2) is 8.42 Å². The van der Waals surface area contributed by atoms with E-state index in [0.717, 1.165) is 16.7 Å². The molecule has 0 aliphatic heterocycles. The van der Waals surface area contributed by atoms with E-state index in [1.807, 2.05) is 19.9 Å². The second kappa shape index (κ2) is 6.64. The lowest BCUT2D eigenvalue weighted by molar-refractivity contribution is 0.101. The molecule has 0 saturated heterocycles. The molecule has 0 heterocycles. The maximum Gasteiger partial charge on any atom is 0.262 e. The summed E-state index contributed by atoms with van der Waals surface area (Å²) in [6, 6.07) is 10.2. The van der Waals surface area contributed by atoms with Gasteiger partial charge in [-0.3, -0.25) is 9.52 Å². The molecule has 5 heteroatoms. The lowest BCUT2D eigenvalue weighted by atomic mass is 9.85. The molecule has 2 rings (SSSR count). The molecule has 2 aromatic rings. The first kappa shape index (κ1) is 19.2. The fraction of sp³-hybridized carbons (Fsp3) is 0.350. The molecule has 0 aromatic heterocycles. The van der Waals surface area contributed by atoms with Crippen LogP contribution in [0.25, 0.3) is 0 Å². The number of carbonyl (C=O) groups excluding carboxylic acids is 1. The van der Waals surface area contributed by atoms with Crippen LogP contribution in [0, 0.1) is 13.8 Å². The van der Waals surface area contributed by atoms with E-state index in [2.05, 4.69) is 25.5 Å². The fourth-order valence-corrected chi connectivity index (χ4v) is 3.92. The number of nitrogens with one attached hydrogen (secondary N) is 1. The highest BCUT2D eigenvalue weighted by Gasteiger charge is 2.23. The van der Waals surface area contributed by atoms with Gasteiger partial charge in [-0.2, -0.15) is 0 Å². The van der Waals surface area contributed by atoms with Crippen LogP contribution < -0.4 is 4.72 Å². The number of benzene rings is 2.